The lowest BCUT2D eigenvalue weighted by Gasteiger charge is -2.25. The van der Waals surface area contributed by atoms with Crippen LogP contribution in [0.2, 0.25) is 0 Å². The van der Waals surface area contributed by atoms with Gasteiger partial charge in [0.15, 0.2) is 21.6 Å². The third kappa shape index (κ3) is 4.71. The van der Waals surface area contributed by atoms with E-state index in [0.29, 0.717) is 12.3 Å². The monoisotopic (exact) mass is 368 g/mol. The molecule has 0 saturated carbocycles. The number of fused-ring (bicyclic) bond motifs is 1. The van der Waals surface area contributed by atoms with Gasteiger partial charge >= 0.3 is 0 Å². The van der Waals surface area contributed by atoms with E-state index in [2.05, 4.69) is 32.6 Å². The molecule has 0 bridgehead atoms. The molecule has 140 valence electrons. The topological polar surface area (TPSA) is 101 Å². The number of guanidine groups is 1. The van der Waals surface area contributed by atoms with E-state index in [1.807, 2.05) is 11.6 Å². The highest BCUT2D eigenvalue weighted by molar-refractivity contribution is 7.91. The van der Waals surface area contributed by atoms with Gasteiger partial charge in [-0.2, -0.15) is 5.10 Å². The quantitative estimate of drug-likeness (QED) is 0.566. The first-order chi connectivity index (χ1) is 12.0. The molecule has 0 radical (unpaired) electrons. The van der Waals surface area contributed by atoms with Crippen molar-refractivity contribution in [2.75, 3.05) is 24.6 Å². The molecule has 1 aromatic rings. The SMILES string of the molecule is CCNC(=NCC1CCS(=O)(=O)C1)NC1CCc2nc(CC)nn2C1. The molecule has 1 aromatic heterocycles. The van der Waals surface area contributed by atoms with Gasteiger partial charge in [-0.05, 0) is 25.7 Å². The largest absolute Gasteiger partial charge is 0.357 e. The molecule has 0 amide bonds. The fourth-order valence-electron chi connectivity index (χ4n) is 3.38. The van der Waals surface area contributed by atoms with Crippen LogP contribution >= 0.6 is 0 Å². The lowest BCUT2D eigenvalue weighted by molar-refractivity contribution is 0.392. The zero-order valence-electron chi connectivity index (χ0n) is 15.0. The second-order valence-corrected chi connectivity index (χ2v) is 9.08. The van der Waals surface area contributed by atoms with Crippen molar-refractivity contribution in [1.82, 2.24) is 25.4 Å². The Morgan fingerprint density at radius 1 is 1.36 bits per heavy atom. The first-order valence-electron chi connectivity index (χ1n) is 9.17. The fourth-order valence-corrected chi connectivity index (χ4v) is 5.23. The first kappa shape index (κ1) is 18.2. The number of aliphatic imine (C=N–C) groups is 1. The van der Waals surface area contributed by atoms with Crippen LogP contribution in [0.15, 0.2) is 4.99 Å². The van der Waals surface area contributed by atoms with Gasteiger partial charge in [0.2, 0.25) is 0 Å². The average molecular weight is 369 g/mol. The van der Waals surface area contributed by atoms with Crippen LogP contribution in [-0.2, 0) is 29.2 Å². The molecule has 2 unspecified atom stereocenters. The van der Waals surface area contributed by atoms with E-state index in [4.69, 9.17) is 0 Å². The highest BCUT2D eigenvalue weighted by Crippen LogP contribution is 2.18. The summed E-state index contributed by atoms with van der Waals surface area (Å²) in [5.41, 5.74) is 0. The molecule has 1 saturated heterocycles. The van der Waals surface area contributed by atoms with Crippen LogP contribution in [0, 0.1) is 5.92 Å². The van der Waals surface area contributed by atoms with Gasteiger partial charge in [0, 0.05) is 32.0 Å². The number of hydrogen-bond donors (Lipinski definition) is 2. The number of hydrogen-bond acceptors (Lipinski definition) is 5. The standard InChI is InChI=1S/C16H28N6O2S/c1-3-14-20-15-6-5-13(10-22(15)21-14)19-16(17-4-2)18-9-12-7-8-25(23,24)11-12/h12-13H,3-11H2,1-2H3,(H2,17,18,19). The van der Waals surface area contributed by atoms with Gasteiger partial charge in [0.25, 0.3) is 0 Å². The number of nitrogens with zero attached hydrogens (tertiary/aromatic N) is 4. The Balaban J connectivity index is 1.59. The molecule has 2 aliphatic heterocycles. The minimum Gasteiger partial charge on any atom is -0.357 e. The fraction of sp³-hybridized carbons (Fsp3) is 0.812. The van der Waals surface area contributed by atoms with Gasteiger partial charge in [-0.25, -0.2) is 18.1 Å². The predicted octanol–water partition coefficient (Wildman–Crippen LogP) is 0.145. The molecule has 2 N–H and O–H groups in total. The number of aromatic nitrogens is 3. The van der Waals surface area contributed by atoms with E-state index in [9.17, 15) is 8.42 Å². The molecule has 9 heteroatoms. The summed E-state index contributed by atoms with van der Waals surface area (Å²) in [6.07, 6.45) is 3.47. The normalized spacial score (nSPS) is 25.6. The van der Waals surface area contributed by atoms with Crippen molar-refractivity contribution in [3.8, 4) is 0 Å². The van der Waals surface area contributed by atoms with Crippen molar-refractivity contribution < 1.29 is 8.42 Å². The van der Waals surface area contributed by atoms with Crippen LogP contribution in [0.3, 0.4) is 0 Å². The van der Waals surface area contributed by atoms with Crippen molar-refractivity contribution in [3.63, 3.8) is 0 Å². The maximum Gasteiger partial charge on any atom is 0.191 e. The first-order valence-corrected chi connectivity index (χ1v) is 11.0. The van der Waals surface area contributed by atoms with E-state index in [1.54, 1.807) is 0 Å². The van der Waals surface area contributed by atoms with Gasteiger partial charge in [0.05, 0.1) is 18.1 Å². The number of sulfone groups is 1. The van der Waals surface area contributed by atoms with E-state index in [-0.39, 0.29) is 17.7 Å². The van der Waals surface area contributed by atoms with Crippen LogP contribution < -0.4 is 10.6 Å². The minimum atomic E-state index is -2.85. The maximum absolute atomic E-state index is 11.6. The lowest BCUT2D eigenvalue weighted by Crippen LogP contribution is -2.47. The summed E-state index contributed by atoms with van der Waals surface area (Å²) in [6, 6.07) is 0.254. The second kappa shape index (κ2) is 7.72. The van der Waals surface area contributed by atoms with Crippen LogP contribution in [-0.4, -0.2) is 59.8 Å². The molecule has 1 fully saturated rings. The van der Waals surface area contributed by atoms with Crippen molar-refractivity contribution in [2.24, 2.45) is 10.9 Å². The predicted molar refractivity (Wildman–Crippen MR) is 97.4 cm³/mol. The van der Waals surface area contributed by atoms with Gasteiger partial charge in [-0.1, -0.05) is 6.92 Å². The third-order valence-corrected chi connectivity index (χ3v) is 6.57. The van der Waals surface area contributed by atoms with Crippen LogP contribution in [0.5, 0.6) is 0 Å². The van der Waals surface area contributed by atoms with Crippen molar-refractivity contribution in [2.45, 2.75) is 52.1 Å². The maximum atomic E-state index is 11.6. The minimum absolute atomic E-state index is 0.140. The molecular formula is C16H28N6O2S. The van der Waals surface area contributed by atoms with Gasteiger partial charge in [-0.15, -0.1) is 0 Å². The van der Waals surface area contributed by atoms with E-state index in [1.165, 1.54) is 0 Å². The van der Waals surface area contributed by atoms with E-state index < -0.39 is 9.84 Å². The zero-order chi connectivity index (χ0) is 17.9. The third-order valence-electron chi connectivity index (χ3n) is 4.74. The Labute approximate surface area is 149 Å². The molecule has 8 nitrogen and oxygen atoms in total. The summed E-state index contributed by atoms with van der Waals surface area (Å²) < 4.78 is 25.1. The summed E-state index contributed by atoms with van der Waals surface area (Å²) in [4.78, 5) is 9.16. The van der Waals surface area contributed by atoms with Crippen molar-refractivity contribution in [1.29, 1.82) is 0 Å². The molecular weight excluding hydrogens is 340 g/mol. The van der Waals surface area contributed by atoms with Crippen molar-refractivity contribution >= 4 is 15.8 Å². The van der Waals surface area contributed by atoms with E-state index in [0.717, 1.165) is 56.4 Å². The Hall–Kier alpha value is -1.64. The van der Waals surface area contributed by atoms with Crippen LogP contribution in [0.25, 0.3) is 0 Å². The van der Waals surface area contributed by atoms with Crippen LogP contribution in [0.4, 0.5) is 0 Å². The molecule has 0 spiro atoms. The smallest absolute Gasteiger partial charge is 0.191 e. The summed E-state index contributed by atoms with van der Waals surface area (Å²) in [7, 11) is -2.85. The zero-order valence-corrected chi connectivity index (χ0v) is 15.8. The highest BCUT2D eigenvalue weighted by atomic mass is 32.2. The van der Waals surface area contributed by atoms with E-state index >= 15 is 0 Å². The molecule has 3 rings (SSSR count). The Bertz CT molecular complexity index is 727. The highest BCUT2D eigenvalue weighted by Gasteiger charge is 2.28. The van der Waals surface area contributed by atoms with Crippen molar-refractivity contribution in [3.05, 3.63) is 11.6 Å². The molecule has 0 aromatic carbocycles. The Morgan fingerprint density at radius 3 is 2.88 bits per heavy atom. The van der Waals surface area contributed by atoms with Crippen LogP contribution in [0.1, 0.15) is 38.3 Å². The Kier molecular flexibility index (Phi) is 5.61. The Morgan fingerprint density at radius 2 is 2.20 bits per heavy atom. The summed E-state index contributed by atoms with van der Waals surface area (Å²) >= 11 is 0. The average Bonchev–Trinajstić information content (AvgIpc) is 3.14. The van der Waals surface area contributed by atoms with Gasteiger partial charge < -0.3 is 10.6 Å². The lowest BCUT2D eigenvalue weighted by atomic mass is 10.1. The molecule has 3 heterocycles. The summed E-state index contributed by atoms with van der Waals surface area (Å²) in [6.45, 7) is 6.20. The summed E-state index contributed by atoms with van der Waals surface area (Å²) in [5.74, 6) is 3.43. The number of rotatable bonds is 5. The van der Waals surface area contributed by atoms with Gasteiger partial charge in [0.1, 0.15) is 5.82 Å². The molecule has 25 heavy (non-hydrogen) atoms. The second-order valence-electron chi connectivity index (χ2n) is 6.85. The summed E-state index contributed by atoms with van der Waals surface area (Å²) in [5, 5.41) is 11.3. The number of nitrogens with one attached hydrogen (secondary N) is 2. The molecule has 2 atom stereocenters. The molecule has 0 aliphatic carbocycles. The number of aryl methyl sites for hydroxylation is 2. The molecule has 2 aliphatic rings. The van der Waals surface area contributed by atoms with Gasteiger partial charge in [-0.3, -0.25) is 4.99 Å².